The standard InChI is InChI=1S/C35H28N4O/c1-3-22-35(24-37,25-38)32(27-18-20-31(40-2)21-19-27)34(30-16-14-26(23-36)15-17-30)39-33(28-10-6-4-7-11-28)29-12-8-5-9-13-29/h3-21,32,34H,1,22H2,2H3. The number of rotatable bonds is 10. The lowest BCUT2D eigenvalue weighted by molar-refractivity contribution is 0.360. The molecule has 0 aliphatic carbocycles. The highest BCUT2D eigenvalue weighted by Gasteiger charge is 2.45. The van der Waals surface area contributed by atoms with E-state index in [4.69, 9.17) is 9.73 Å². The fourth-order valence-corrected chi connectivity index (χ4v) is 4.90. The molecule has 5 heteroatoms. The zero-order chi connectivity index (χ0) is 28.4. The summed E-state index contributed by atoms with van der Waals surface area (Å²) in [6, 6.07) is 40.5. The topological polar surface area (TPSA) is 93.0 Å². The van der Waals surface area contributed by atoms with Crippen LogP contribution in [0, 0.1) is 39.4 Å². The van der Waals surface area contributed by atoms with Crippen LogP contribution in [0.1, 0.15) is 46.2 Å². The van der Waals surface area contributed by atoms with Crippen molar-refractivity contribution in [2.45, 2.75) is 18.4 Å². The Balaban J connectivity index is 2.07. The van der Waals surface area contributed by atoms with E-state index >= 15 is 0 Å². The molecule has 0 bridgehead atoms. The summed E-state index contributed by atoms with van der Waals surface area (Å²) in [7, 11) is 1.59. The first-order valence-corrected chi connectivity index (χ1v) is 12.8. The van der Waals surface area contributed by atoms with Crippen LogP contribution in [0.2, 0.25) is 0 Å². The number of nitrogens with zero attached hydrogens (tertiary/aromatic N) is 4. The highest BCUT2D eigenvalue weighted by molar-refractivity contribution is 6.13. The first-order valence-electron chi connectivity index (χ1n) is 12.8. The first kappa shape index (κ1) is 27.6. The third-order valence-corrected chi connectivity index (χ3v) is 6.93. The number of nitriles is 3. The normalized spacial score (nSPS) is 12.1. The lowest BCUT2D eigenvalue weighted by atomic mass is 9.67. The minimum absolute atomic E-state index is 0.144. The number of aliphatic imine (C=N–C) groups is 1. The van der Waals surface area contributed by atoms with Gasteiger partial charge in [0, 0.05) is 17.0 Å². The predicted octanol–water partition coefficient (Wildman–Crippen LogP) is 7.54. The van der Waals surface area contributed by atoms with E-state index in [1.807, 2.05) is 97.1 Å². The van der Waals surface area contributed by atoms with Gasteiger partial charge < -0.3 is 4.74 Å². The molecular formula is C35H28N4O. The van der Waals surface area contributed by atoms with Gasteiger partial charge >= 0.3 is 0 Å². The van der Waals surface area contributed by atoms with Crippen LogP contribution in [0.4, 0.5) is 0 Å². The summed E-state index contributed by atoms with van der Waals surface area (Å²) in [5.41, 5.74) is 3.13. The largest absolute Gasteiger partial charge is 0.497 e. The number of hydrogen-bond acceptors (Lipinski definition) is 5. The van der Waals surface area contributed by atoms with Crippen LogP contribution in [-0.2, 0) is 0 Å². The smallest absolute Gasteiger partial charge is 0.156 e. The van der Waals surface area contributed by atoms with Gasteiger partial charge in [-0.1, -0.05) is 91.0 Å². The second kappa shape index (κ2) is 12.9. The molecule has 0 amide bonds. The Morgan fingerprint density at radius 2 is 1.32 bits per heavy atom. The van der Waals surface area contributed by atoms with Crippen LogP contribution in [0.5, 0.6) is 5.75 Å². The minimum Gasteiger partial charge on any atom is -0.497 e. The maximum absolute atomic E-state index is 10.5. The van der Waals surface area contributed by atoms with Gasteiger partial charge in [0.2, 0.25) is 0 Å². The van der Waals surface area contributed by atoms with Crippen LogP contribution in [0.15, 0.2) is 127 Å². The Labute approximate surface area is 235 Å². The molecule has 0 fully saturated rings. The van der Waals surface area contributed by atoms with Crippen molar-refractivity contribution in [2.24, 2.45) is 10.4 Å². The molecule has 4 aromatic rings. The van der Waals surface area contributed by atoms with Crippen molar-refractivity contribution >= 4 is 5.71 Å². The fourth-order valence-electron chi connectivity index (χ4n) is 4.90. The zero-order valence-electron chi connectivity index (χ0n) is 22.2. The molecule has 194 valence electrons. The van der Waals surface area contributed by atoms with Gasteiger partial charge in [-0.15, -0.1) is 6.58 Å². The van der Waals surface area contributed by atoms with E-state index in [9.17, 15) is 15.8 Å². The van der Waals surface area contributed by atoms with Gasteiger partial charge in [0.15, 0.2) is 5.41 Å². The average Bonchev–Trinajstić information content (AvgIpc) is 3.03. The molecule has 0 N–H and O–H groups in total. The maximum Gasteiger partial charge on any atom is 0.156 e. The molecule has 0 aliphatic rings. The van der Waals surface area contributed by atoms with Crippen molar-refractivity contribution in [2.75, 3.05) is 7.11 Å². The average molecular weight is 521 g/mol. The summed E-state index contributed by atoms with van der Waals surface area (Å²) < 4.78 is 5.38. The Morgan fingerprint density at radius 1 is 0.800 bits per heavy atom. The van der Waals surface area contributed by atoms with Crippen LogP contribution in [0.25, 0.3) is 0 Å². The van der Waals surface area contributed by atoms with E-state index in [1.54, 1.807) is 25.3 Å². The molecule has 0 heterocycles. The third-order valence-electron chi connectivity index (χ3n) is 6.93. The van der Waals surface area contributed by atoms with Gasteiger partial charge in [-0.2, -0.15) is 15.8 Å². The molecule has 0 radical (unpaired) electrons. The monoisotopic (exact) mass is 520 g/mol. The molecule has 4 rings (SSSR count). The molecule has 0 aromatic heterocycles. The lowest BCUT2D eigenvalue weighted by Crippen LogP contribution is -2.30. The number of allylic oxidation sites excluding steroid dienone is 1. The van der Waals surface area contributed by atoms with Crippen molar-refractivity contribution in [3.8, 4) is 24.0 Å². The minimum atomic E-state index is -1.48. The summed E-state index contributed by atoms with van der Waals surface area (Å²) in [6.07, 6.45) is 1.75. The SMILES string of the molecule is C=CCC(C#N)(C#N)C(c1ccc(OC)cc1)C(N=C(c1ccccc1)c1ccccc1)c1ccc(C#N)cc1. The molecule has 0 spiro atoms. The summed E-state index contributed by atoms with van der Waals surface area (Å²) in [6.45, 7) is 3.86. The Morgan fingerprint density at radius 3 is 1.77 bits per heavy atom. The van der Waals surface area contributed by atoms with E-state index < -0.39 is 17.4 Å². The van der Waals surface area contributed by atoms with Crippen LogP contribution in [-0.4, -0.2) is 12.8 Å². The van der Waals surface area contributed by atoms with Gasteiger partial charge in [-0.3, -0.25) is 4.99 Å². The summed E-state index contributed by atoms with van der Waals surface area (Å²) in [5, 5.41) is 30.5. The molecular weight excluding hydrogens is 492 g/mol. The number of ether oxygens (including phenoxy) is 1. The van der Waals surface area contributed by atoms with E-state index in [2.05, 4.69) is 24.8 Å². The van der Waals surface area contributed by atoms with Crippen molar-refractivity contribution in [3.63, 3.8) is 0 Å². The number of methoxy groups -OCH3 is 1. The predicted molar refractivity (Wildman–Crippen MR) is 157 cm³/mol. The Hall–Kier alpha value is -5.44. The molecule has 2 atom stereocenters. The number of benzene rings is 4. The Kier molecular flexibility index (Phi) is 8.88. The molecule has 40 heavy (non-hydrogen) atoms. The van der Waals surface area contributed by atoms with Gasteiger partial charge in [-0.05, 0) is 41.8 Å². The highest BCUT2D eigenvalue weighted by Crippen LogP contribution is 2.49. The van der Waals surface area contributed by atoms with Crippen molar-refractivity contribution in [3.05, 3.63) is 150 Å². The molecule has 2 unspecified atom stereocenters. The van der Waals surface area contributed by atoms with Gasteiger partial charge in [-0.25, -0.2) is 0 Å². The van der Waals surface area contributed by atoms with Crippen molar-refractivity contribution in [1.82, 2.24) is 0 Å². The van der Waals surface area contributed by atoms with Gasteiger partial charge in [0.25, 0.3) is 0 Å². The van der Waals surface area contributed by atoms with Gasteiger partial charge in [0.1, 0.15) is 5.75 Å². The second-order valence-electron chi connectivity index (χ2n) is 9.33. The lowest BCUT2D eigenvalue weighted by Gasteiger charge is -2.34. The summed E-state index contributed by atoms with van der Waals surface area (Å²) >= 11 is 0. The first-order chi connectivity index (χ1) is 19.6. The van der Waals surface area contributed by atoms with E-state index in [-0.39, 0.29) is 6.42 Å². The highest BCUT2D eigenvalue weighted by atomic mass is 16.5. The molecule has 4 aromatic carbocycles. The van der Waals surface area contributed by atoms with Crippen molar-refractivity contribution in [1.29, 1.82) is 15.8 Å². The van der Waals surface area contributed by atoms with Crippen molar-refractivity contribution < 1.29 is 4.74 Å². The van der Waals surface area contributed by atoms with Crippen LogP contribution in [0.3, 0.4) is 0 Å². The number of hydrogen-bond donors (Lipinski definition) is 0. The Bertz CT molecular complexity index is 1530. The molecule has 0 saturated heterocycles. The van der Waals surface area contributed by atoms with Crippen LogP contribution < -0.4 is 4.74 Å². The molecule has 0 aliphatic heterocycles. The van der Waals surface area contributed by atoms with Gasteiger partial charge in [0.05, 0.1) is 42.6 Å². The molecule has 5 nitrogen and oxygen atoms in total. The quantitative estimate of drug-likeness (QED) is 0.159. The fraction of sp³-hybridized carbons (Fsp3) is 0.143. The second-order valence-corrected chi connectivity index (χ2v) is 9.33. The van der Waals surface area contributed by atoms with Crippen LogP contribution >= 0.6 is 0 Å². The molecule has 0 saturated carbocycles. The van der Waals surface area contributed by atoms with E-state index in [1.165, 1.54) is 0 Å². The summed E-state index contributed by atoms with van der Waals surface area (Å²) in [5.74, 6) is -0.0137. The van der Waals surface area contributed by atoms with E-state index in [0.29, 0.717) is 11.3 Å². The summed E-state index contributed by atoms with van der Waals surface area (Å²) in [4.78, 5) is 5.37. The van der Waals surface area contributed by atoms with E-state index in [0.717, 1.165) is 28.0 Å². The zero-order valence-corrected chi connectivity index (χ0v) is 22.2. The maximum atomic E-state index is 10.5. The third kappa shape index (κ3) is 5.83.